The highest BCUT2D eigenvalue weighted by Gasteiger charge is 2.67. The number of rotatable bonds is 7. The number of anilines is 2. The molecule has 4 aliphatic heterocycles. The summed E-state index contributed by atoms with van der Waals surface area (Å²) >= 11 is 0. The lowest BCUT2D eigenvalue weighted by molar-refractivity contribution is -0.151. The molecule has 9 nitrogen and oxygen atoms in total. The maximum absolute atomic E-state index is 16.5. The summed E-state index contributed by atoms with van der Waals surface area (Å²) in [5.74, 6) is -1.16. The maximum atomic E-state index is 16.5. The number of halogens is 1. The fourth-order valence-electron chi connectivity index (χ4n) is 8.54. The van der Waals surface area contributed by atoms with E-state index < -0.39 is 37.6 Å². The van der Waals surface area contributed by atoms with E-state index >= 15 is 4.11 Å². The number of piperazine rings is 1. The van der Waals surface area contributed by atoms with Crippen LogP contribution < -0.4 is 15.1 Å². The number of carbonyl (C=O) groups is 3. The van der Waals surface area contributed by atoms with Crippen LogP contribution in [0.2, 0.25) is 18.6 Å². The molecule has 7 rings (SSSR count). The molecule has 4 aliphatic rings. The smallest absolute Gasteiger partial charge is 0.264 e. The molecule has 4 heterocycles. The Morgan fingerprint density at radius 2 is 1.79 bits per heavy atom. The summed E-state index contributed by atoms with van der Waals surface area (Å²) in [6.07, 6.45) is -0.425. The molecule has 252 valence electrons. The Kier molecular flexibility index (Phi) is 8.51. The van der Waals surface area contributed by atoms with Gasteiger partial charge in [0.25, 0.3) is 5.91 Å². The Bertz CT molecular complexity index is 1730. The molecule has 0 aliphatic carbocycles. The van der Waals surface area contributed by atoms with Gasteiger partial charge in [-0.1, -0.05) is 61.5 Å². The number of aliphatic hydroxyl groups excluding tert-OH is 1. The second-order valence-electron chi connectivity index (χ2n) is 14.1. The molecule has 0 bridgehead atoms. The van der Waals surface area contributed by atoms with E-state index in [1.165, 1.54) is 0 Å². The second-order valence-corrected chi connectivity index (χ2v) is 17.9. The molecule has 0 aromatic heterocycles. The van der Waals surface area contributed by atoms with E-state index in [4.69, 9.17) is 4.74 Å². The van der Waals surface area contributed by atoms with E-state index in [0.717, 1.165) is 16.7 Å². The highest BCUT2D eigenvalue weighted by Crippen LogP contribution is 2.61. The number of amides is 3. The Hall–Kier alpha value is -3.90. The largest absolute Gasteiger partial charge is 0.394 e. The zero-order chi connectivity index (χ0) is 33.8. The summed E-state index contributed by atoms with van der Waals surface area (Å²) in [4.78, 5) is 47.0. The Morgan fingerprint density at radius 1 is 1.06 bits per heavy atom. The molecule has 0 radical (unpaired) electrons. The number of aliphatic hydroxyl groups is 1. The van der Waals surface area contributed by atoms with Crippen molar-refractivity contribution in [3.05, 3.63) is 95.1 Å². The normalized spacial score (nSPS) is 27.1. The first-order chi connectivity index (χ1) is 23.0. The monoisotopic (exact) mass is 670 g/mol. The number of benzene rings is 3. The van der Waals surface area contributed by atoms with E-state index in [2.05, 4.69) is 5.32 Å². The minimum absolute atomic E-state index is 0.0682. The van der Waals surface area contributed by atoms with Crippen LogP contribution in [0.3, 0.4) is 0 Å². The Balaban J connectivity index is 1.28. The molecule has 0 unspecified atom stereocenters. The predicted molar refractivity (Wildman–Crippen MR) is 184 cm³/mol. The molecular weight excluding hydrogens is 628 g/mol. The minimum atomic E-state index is -3.54. The first-order valence-corrected chi connectivity index (χ1v) is 19.8. The summed E-state index contributed by atoms with van der Waals surface area (Å²) < 4.78 is 23.5. The van der Waals surface area contributed by atoms with Gasteiger partial charge in [0.2, 0.25) is 20.2 Å². The number of nitrogens with zero attached hydrogens (tertiary/aromatic N) is 3. The third kappa shape index (κ3) is 5.46. The van der Waals surface area contributed by atoms with Crippen LogP contribution >= 0.6 is 0 Å². The van der Waals surface area contributed by atoms with Gasteiger partial charge >= 0.3 is 0 Å². The van der Waals surface area contributed by atoms with E-state index in [1.807, 2.05) is 79.7 Å². The molecular formula is C37H43FN4O5Si. The summed E-state index contributed by atoms with van der Waals surface area (Å²) in [6.45, 7) is 6.94. The van der Waals surface area contributed by atoms with Crippen molar-refractivity contribution >= 4 is 37.5 Å². The van der Waals surface area contributed by atoms with Gasteiger partial charge in [-0.15, -0.1) is 0 Å². The lowest BCUT2D eigenvalue weighted by Crippen LogP contribution is -2.48. The molecule has 3 aromatic carbocycles. The lowest BCUT2D eigenvalue weighted by atomic mass is 9.82. The van der Waals surface area contributed by atoms with Crippen molar-refractivity contribution in [1.29, 1.82) is 0 Å². The van der Waals surface area contributed by atoms with Crippen molar-refractivity contribution in [2.75, 3.05) is 36.0 Å². The van der Waals surface area contributed by atoms with Gasteiger partial charge in [-0.05, 0) is 54.4 Å². The third-order valence-corrected chi connectivity index (χ3v) is 13.2. The van der Waals surface area contributed by atoms with Crippen molar-refractivity contribution in [2.45, 2.75) is 69.2 Å². The molecule has 11 heteroatoms. The SMILES string of the molecule is C[C@@H]1[C@@H]([Si](C)(C)F)[C@H](CC(=O)N2Cc3ccccc3C[C@H]2CO)O[C@@]12C(=O)N(Cc1ccccc1)c1ccc(N3CCNCC3=O)cc12. The zero-order valence-corrected chi connectivity index (χ0v) is 28.7. The molecule has 48 heavy (non-hydrogen) atoms. The average Bonchev–Trinajstić information content (AvgIpc) is 3.50. The van der Waals surface area contributed by atoms with Crippen LogP contribution in [0, 0.1) is 5.92 Å². The van der Waals surface area contributed by atoms with Gasteiger partial charge in [-0.3, -0.25) is 14.4 Å². The molecule has 3 amide bonds. The van der Waals surface area contributed by atoms with Crippen LogP contribution in [0.25, 0.3) is 0 Å². The predicted octanol–water partition coefficient (Wildman–Crippen LogP) is 4.28. The summed E-state index contributed by atoms with van der Waals surface area (Å²) in [5, 5.41) is 13.4. The second kappa shape index (κ2) is 12.5. The van der Waals surface area contributed by atoms with Crippen LogP contribution in [-0.2, 0) is 44.2 Å². The Morgan fingerprint density at radius 3 is 2.50 bits per heavy atom. The first-order valence-electron chi connectivity index (χ1n) is 16.9. The minimum Gasteiger partial charge on any atom is -0.394 e. The highest BCUT2D eigenvalue weighted by atomic mass is 28.4. The van der Waals surface area contributed by atoms with Gasteiger partial charge in [0, 0.05) is 42.3 Å². The van der Waals surface area contributed by atoms with Gasteiger partial charge < -0.3 is 34.0 Å². The maximum Gasteiger partial charge on any atom is 0.264 e. The van der Waals surface area contributed by atoms with E-state index in [1.54, 1.807) is 27.8 Å². The van der Waals surface area contributed by atoms with Crippen molar-refractivity contribution in [3.63, 3.8) is 0 Å². The molecule has 5 atom stereocenters. The molecule has 0 saturated carbocycles. The van der Waals surface area contributed by atoms with Gasteiger partial charge in [0.05, 0.1) is 44.0 Å². The molecule has 2 fully saturated rings. The lowest BCUT2D eigenvalue weighted by Gasteiger charge is -2.37. The molecule has 2 N–H and O–H groups in total. The molecule has 2 saturated heterocycles. The number of hydrogen-bond donors (Lipinski definition) is 2. The topological polar surface area (TPSA) is 102 Å². The van der Waals surface area contributed by atoms with E-state index in [9.17, 15) is 19.5 Å². The van der Waals surface area contributed by atoms with Crippen LogP contribution in [0.5, 0.6) is 0 Å². The zero-order valence-electron chi connectivity index (χ0n) is 27.7. The van der Waals surface area contributed by atoms with Gasteiger partial charge in [-0.25, -0.2) is 0 Å². The van der Waals surface area contributed by atoms with Crippen molar-refractivity contribution < 1.29 is 28.3 Å². The number of ether oxygens (including phenoxy) is 1. The highest BCUT2D eigenvalue weighted by molar-refractivity contribution is 6.72. The van der Waals surface area contributed by atoms with E-state index in [-0.39, 0.29) is 37.3 Å². The average molecular weight is 671 g/mol. The standard InChI is InChI=1S/C37H43FN4O5Si/c1-24-35(48(2,3)38)32(19-33(44)41-22-27-12-8-7-11-26(27)17-29(41)23-43)47-37(24)30-18-28(40-16-15-39-20-34(40)45)13-14-31(30)42(36(37)46)21-25-9-5-4-6-10-25/h4-14,18,24,29,32,35,39,43H,15-17,19-23H2,1-3H3/t24-,29+,32+,35-,37+/m1/s1. The van der Waals surface area contributed by atoms with Crippen LogP contribution in [0.4, 0.5) is 15.5 Å². The number of fused-ring (bicyclic) bond motifs is 3. The van der Waals surface area contributed by atoms with Gasteiger partial charge in [-0.2, -0.15) is 0 Å². The summed E-state index contributed by atoms with van der Waals surface area (Å²) in [7, 11) is -3.54. The molecule has 1 spiro atoms. The van der Waals surface area contributed by atoms with Crippen molar-refractivity contribution in [3.8, 4) is 0 Å². The van der Waals surface area contributed by atoms with Crippen molar-refractivity contribution in [1.82, 2.24) is 10.2 Å². The fraction of sp³-hybridized carbons (Fsp3) is 0.432. The Labute approximate surface area is 281 Å². The number of hydrogen-bond acceptors (Lipinski definition) is 6. The van der Waals surface area contributed by atoms with Gasteiger partial charge in [0.1, 0.15) is 0 Å². The van der Waals surface area contributed by atoms with E-state index in [0.29, 0.717) is 49.5 Å². The fourth-order valence-corrected chi connectivity index (χ4v) is 11.0. The quantitative estimate of drug-likeness (QED) is 0.288. The van der Waals surface area contributed by atoms with Crippen LogP contribution in [0.15, 0.2) is 72.8 Å². The number of nitrogens with one attached hydrogen (secondary N) is 1. The molecule has 3 aromatic rings. The number of carbonyl (C=O) groups excluding carboxylic acids is 3. The summed E-state index contributed by atoms with van der Waals surface area (Å²) in [5.41, 5.74) is 2.80. The van der Waals surface area contributed by atoms with Crippen LogP contribution in [-0.4, -0.2) is 74.5 Å². The van der Waals surface area contributed by atoms with Gasteiger partial charge in [0.15, 0.2) is 5.60 Å². The third-order valence-electron chi connectivity index (χ3n) is 10.8. The van der Waals surface area contributed by atoms with Crippen molar-refractivity contribution in [2.24, 2.45) is 5.92 Å². The first kappa shape index (κ1) is 32.6. The van der Waals surface area contributed by atoms with Crippen LogP contribution in [0.1, 0.15) is 35.6 Å². The summed E-state index contributed by atoms with van der Waals surface area (Å²) in [6, 6.07) is 22.8.